The number of hydrogen-bond donors (Lipinski definition) is 1. The lowest BCUT2D eigenvalue weighted by Gasteiger charge is -2.55. The molecule has 1 aromatic rings. The smallest absolute Gasteiger partial charge is 0.119 e. The Bertz CT molecular complexity index is 555. The predicted molar refractivity (Wildman–Crippen MR) is 80.7 cm³/mol. The molecule has 1 saturated carbocycles. The maximum Gasteiger partial charge on any atom is 0.119 e. The largest absolute Gasteiger partial charge is 0.497 e. The average molecular weight is 288 g/mol. The van der Waals surface area contributed by atoms with Crippen LogP contribution in [0, 0.1) is 5.41 Å². The van der Waals surface area contributed by atoms with Gasteiger partial charge in [0.2, 0.25) is 0 Å². The second-order valence-corrected chi connectivity index (χ2v) is 6.95. The minimum absolute atomic E-state index is 0.120. The van der Waals surface area contributed by atoms with Crippen molar-refractivity contribution in [3.8, 4) is 5.75 Å². The predicted octanol–water partition coefficient (Wildman–Crippen LogP) is 3.05. The van der Waals surface area contributed by atoms with Crippen molar-refractivity contribution in [1.82, 2.24) is 0 Å². The van der Waals surface area contributed by atoms with Crippen molar-refractivity contribution < 1.29 is 14.6 Å². The summed E-state index contributed by atoms with van der Waals surface area (Å²) in [5, 5.41) is 10.1. The Balaban J connectivity index is 1.88. The second kappa shape index (κ2) is 4.72. The van der Waals surface area contributed by atoms with Crippen LogP contribution in [0.15, 0.2) is 18.2 Å². The Kier molecular flexibility index (Phi) is 3.05. The molecule has 1 aliphatic heterocycles. The molecule has 0 unspecified atom stereocenters. The van der Waals surface area contributed by atoms with Gasteiger partial charge in [-0.2, -0.15) is 0 Å². The van der Waals surface area contributed by atoms with Crippen molar-refractivity contribution in [2.45, 2.75) is 50.0 Å². The van der Waals surface area contributed by atoms with E-state index in [4.69, 9.17) is 9.47 Å². The van der Waals surface area contributed by atoms with E-state index in [2.05, 4.69) is 12.1 Å². The van der Waals surface area contributed by atoms with Gasteiger partial charge in [-0.05, 0) is 48.9 Å². The summed E-state index contributed by atoms with van der Waals surface area (Å²) in [7, 11) is 1.72. The van der Waals surface area contributed by atoms with E-state index in [1.54, 1.807) is 7.11 Å². The molecule has 1 saturated heterocycles. The molecule has 2 fully saturated rings. The summed E-state index contributed by atoms with van der Waals surface area (Å²) < 4.78 is 11.8. The highest BCUT2D eigenvalue weighted by molar-refractivity contribution is 5.44. The number of benzene rings is 1. The molecule has 1 N–H and O–H groups in total. The first-order chi connectivity index (χ1) is 10.2. The lowest BCUT2D eigenvalue weighted by atomic mass is 9.51. The van der Waals surface area contributed by atoms with Crippen LogP contribution in [0.4, 0.5) is 0 Å². The molecular weight excluding hydrogens is 264 g/mol. The molecule has 1 heterocycles. The zero-order valence-corrected chi connectivity index (χ0v) is 12.7. The molecule has 0 bridgehead atoms. The van der Waals surface area contributed by atoms with Crippen molar-refractivity contribution in [3.05, 3.63) is 29.3 Å². The van der Waals surface area contributed by atoms with E-state index >= 15 is 0 Å². The monoisotopic (exact) mass is 288 g/mol. The van der Waals surface area contributed by atoms with Crippen molar-refractivity contribution >= 4 is 0 Å². The summed E-state index contributed by atoms with van der Waals surface area (Å²) in [4.78, 5) is 0. The highest BCUT2D eigenvalue weighted by Crippen LogP contribution is 2.63. The van der Waals surface area contributed by atoms with E-state index < -0.39 is 0 Å². The molecule has 114 valence electrons. The molecule has 3 nitrogen and oxygen atoms in total. The van der Waals surface area contributed by atoms with Crippen molar-refractivity contribution in [3.63, 3.8) is 0 Å². The zero-order chi connectivity index (χ0) is 14.5. The van der Waals surface area contributed by atoms with E-state index in [0.717, 1.165) is 31.6 Å². The molecule has 1 aromatic carbocycles. The third-order valence-electron chi connectivity index (χ3n) is 6.29. The topological polar surface area (TPSA) is 38.7 Å². The van der Waals surface area contributed by atoms with E-state index in [9.17, 15) is 5.11 Å². The van der Waals surface area contributed by atoms with Gasteiger partial charge in [0.15, 0.2) is 0 Å². The van der Waals surface area contributed by atoms with E-state index in [1.165, 1.54) is 30.4 Å². The van der Waals surface area contributed by atoms with Gasteiger partial charge >= 0.3 is 0 Å². The fourth-order valence-electron chi connectivity index (χ4n) is 5.35. The quantitative estimate of drug-likeness (QED) is 0.909. The molecule has 21 heavy (non-hydrogen) atoms. The van der Waals surface area contributed by atoms with Gasteiger partial charge in [-0.3, -0.25) is 0 Å². The lowest BCUT2D eigenvalue weighted by molar-refractivity contribution is -0.125. The molecule has 0 aromatic heterocycles. The summed E-state index contributed by atoms with van der Waals surface area (Å²) in [6, 6.07) is 6.33. The number of aliphatic hydroxyl groups excluding tert-OH is 1. The van der Waals surface area contributed by atoms with Crippen LogP contribution in [-0.2, 0) is 11.2 Å². The summed E-state index contributed by atoms with van der Waals surface area (Å²) in [5.74, 6) is 1.04. The zero-order valence-electron chi connectivity index (χ0n) is 12.7. The fraction of sp³-hybridized carbons (Fsp3) is 0.667. The number of rotatable bonds is 2. The van der Waals surface area contributed by atoms with Crippen LogP contribution in [0.2, 0.25) is 0 Å². The summed E-state index contributed by atoms with van der Waals surface area (Å²) in [5.41, 5.74) is 2.74. The molecule has 3 atom stereocenters. The number of aliphatic hydroxyl groups is 1. The first-order valence-corrected chi connectivity index (χ1v) is 8.16. The Morgan fingerprint density at radius 2 is 2.14 bits per heavy atom. The minimum atomic E-state index is -0.123. The Morgan fingerprint density at radius 1 is 1.29 bits per heavy atom. The molecule has 3 heteroatoms. The van der Waals surface area contributed by atoms with Crippen LogP contribution in [-0.4, -0.2) is 31.0 Å². The summed E-state index contributed by atoms with van der Waals surface area (Å²) in [6.45, 7) is 1.03. The van der Waals surface area contributed by atoms with Crippen LogP contribution in [0.1, 0.15) is 49.1 Å². The van der Waals surface area contributed by atoms with Crippen molar-refractivity contribution in [2.24, 2.45) is 5.41 Å². The summed E-state index contributed by atoms with van der Waals surface area (Å²) in [6.07, 6.45) is 7.08. The first-order valence-electron chi connectivity index (χ1n) is 8.16. The van der Waals surface area contributed by atoms with Crippen molar-refractivity contribution in [2.75, 3.05) is 20.3 Å². The molecule has 0 amide bonds. The maximum absolute atomic E-state index is 10.1. The third kappa shape index (κ3) is 1.68. The standard InChI is InChI=1S/C18H24O3/c1-20-14-4-5-15-13(10-14)11-17-6-2-3-7-18(17,16(15)12-19)21-9-8-17/h4-5,10,16,19H,2-3,6-9,11-12H2,1H3/t16-,17+,18-/m1/s1. The second-order valence-electron chi connectivity index (χ2n) is 6.95. The van der Waals surface area contributed by atoms with Crippen LogP contribution in [0.5, 0.6) is 5.75 Å². The molecule has 0 radical (unpaired) electrons. The maximum atomic E-state index is 10.1. The average Bonchev–Trinajstić information content (AvgIpc) is 2.90. The Hall–Kier alpha value is -1.06. The van der Waals surface area contributed by atoms with Gasteiger partial charge in [0.05, 0.1) is 19.3 Å². The highest BCUT2D eigenvalue weighted by Gasteiger charge is 2.63. The lowest BCUT2D eigenvalue weighted by Crippen LogP contribution is -2.56. The van der Waals surface area contributed by atoms with Gasteiger partial charge in [0.25, 0.3) is 0 Å². The number of ether oxygens (including phenoxy) is 2. The Labute approximate surface area is 126 Å². The first kappa shape index (κ1) is 13.6. The molecule has 2 aliphatic carbocycles. The van der Waals surface area contributed by atoms with Crippen LogP contribution < -0.4 is 4.74 Å². The van der Waals surface area contributed by atoms with Gasteiger partial charge in [-0.1, -0.05) is 18.9 Å². The number of hydrogen-bond acceptors (Lipinski definition) is 3. The van der Waals surface area contributed by atoms with E-state index in [-0.39, 0.29) is 23.5 Å². The van der Waals surface area contributed by atoms with E-state index in [1.807, 2.05) is 6.07 Å². The molecule has 3 aliphatic rings. The van der Waals surface area contributed by atoms with Gasteiger partial charge in [-0.25, -0.2) is 0 Å². The van der Waals surface area contributed by atoms with Crippen LogP contribution in [0.25, 0.3) is 0 Å². The van der Waals surface area contributed by atoms with Crippen molar-refractivity contribution in [1.29, 1.82) is 0 Å². The molecule has 4 rings (SSSR count). The van der Waals surface area contributed by atoms with Gasteiger partial charge in [0, 0.05) is 17.9 Å². The summed E-state index contributed by atoms with van der Waals surface area (Å²) >= 11 is 0. The van der Waals surface area contributed by atoms with Gasteiger partial charge in [0.1, 0.15) is 5.75 Å². The fourth-order valence-corrected chi connectivity index (χ4v) is 5.35. The molecular formula is C18H24O3. The van der Waals surface area contributed by atoms with Crippen LogP contribution >= 0.6 is 0 Å². The van der Waals surface area contributed by atoms with E-state index in [0.29, 0.717) is 0 Å². The van der Waals surface area contributed by atoms with Gasteiger partial charge < -0.3 is 14.6 Å². The minimum Gasteiger partial charge on any atom is -0.497 e. The highest BCUT2D eigenvalue weighted by atomic mass is 16.5. The van der Waals surface area contributed by atoms with Crippen LogP contribution in [0.3, 0.4) is 0 Å². The third-order valence-corrected chi connectivity index (χ3v) is 6.29. The Morgan fingerprint density at radius 3 is 2.95 bits per heavy atom. The normalized spacial score (nSPS) is 37.5. The van der Waals surface area contributed by atoms with Gasteiger partial charge in [-0.15, -0.1) is 0 Å². The number of fused-ring (bicyclic) bond motifs is 1. The number of methoxy groups -OCH3 is 1. The molecule has 0 spiro atoms. The SMILES string of the molecule is COc1ccc2c(c1)C[C@@]13CCCC[C@@]1(OCC3)[C@@H]2CO.